The molecule has 0 amide bonds. The van der Waals surface area contributed by atoms with Crippen molar-refractivity contribution in [1.82, 2.24) is 0 Å². The number of nitrogens with zero attached hydrogens (tertiary/aromatic N) is 3. The number of hydrogen-bond acceptors (Lipinski definition) is 0. The van der Waals surface area contributed by atoms with Gasteiger partial charge in [-0.3, -0.25) is 0 Å². The summed E-state index contributed by atoms with van der Waals surface area (Å²) < 4.78 is 0. The van der Waals surface area contributed by atoms with Crippen LogP contribution in [-0.2, 0) is 25.8 Å². The molecule has 1 rings (SSSR count). The summed E-state index contributed by atoms with van der Waals surface area (Å²) in [5.41, 5.74) is 1.53. The smallest absolute Gasteiger partial charge is 0.665 e. The Morgan fingerprint density at radius 1 is 1.00 bits per heavy atom. The molecule has 116 valence electrons. The fourth-order valence-electron chi connectivity index (χ4n) is 1.06. The Morgan fingerprint density at radius 3 is 1.80 bits per heavy atom. The van der Waals surface area contributed by atoms with E-state index in [4.69, 9.17) is 0 Å². The van der Waals surface area contributed by atoms with Crippen molar-refractivity contribution in [3.8, 4) is 0 Å². The zero-order chi connectivity index (χ0) is 14.1. The summed E-state index contributed by atoms with van der Waals surface area (Å²) in [6.45, 7) is 9.96. The third-order valence-electron chi connectivity index (χ3n) is 2.30. The quantitative estimate of drug-likeness (QED) is 0.309. The summed E-state index contributed by atoms with van der Waals surface area (Å²) in [4.78, 5) is 0. The van der Waals surface area contributed by atoms with Crippen LogP contribution < -0.4 is 0 Å². The largest absolute Gasteiger partial charge is 4.00 e. The molecule has 0 fully saturated rings. The van der Waals surface area contributed by atoms with Gasteiger partial charge in [-0.1, -0.05) is 51.0 Å². The zero-order valence-electron chi connectivity index (χ0n) is 14.3. The molecule has 20 heavy (non-hydrogen) atoms. The van der Waals surface area contributed by atoms with Gasteiger partial charge >= 0.3 is 25.8 Å². The molecule has 4 heteroatoms. The Labute approximate surface area is 146 Å². The van der Waals surface area contributed by atoms with E-state index in [-0.39, 0.29) is 33.3 Å². The second kappa shape index (κ2) is 27.6. The third kappa shape index (κ3) is 26.7. The van der Waals surface area contributed by atoms with Gasteiger partial charge < -0.3 is 23.4 Å². The Hall–Kier alpha value is 0.230. The van der Waals surface area contributed by atoms with Gasteiger partial charge in [0.05, 0.1) is 0 Å². The molecule has 0 heterocycles. The van der Waals surface area contributed by atoms with E-state index in [0.29, 0.717) is 0 Å². The van der Waals surface area contributed by atoms with E-state index in [1.807, 2.05) is 13.8 Å². The third-order valence-corrected chi connectivity index (χ3v) is 2.30. The Kier molecular flexibility index (Phi) is 39.1. The summed E-state index contributed by atoms with van der Waals surface area (Å²) in [7, 11) is 3.61. The van der Waals surface area contributed by atoms with Crippen molar-refractivity contribution in [3.05, 3.63) is 47.2 Å². The van der Waals surface area contributed by atoms with Crippen LogP contribution in [0, 0.1) is 7.43 Å². The van der Waals surface area contributed by atoms with Gasteiger partial charge in [-0.25, -0.2) is 0 Å². The maximum Gasteiger partial charge on any atom is 4.00 e. The average Bonchev–Trinajstić information content (AvgIpc) is 2.93. The molecule has 0 aliphatic heterocycles. The first-order valence-electron chi connectivity index (χ1n) is 6.85. The van der Waals surface area contributed by atoms with E-state index in [9.17, 15) is 0 Å². The SMILES string of the molecule is CC[N-]C.CC[N-]C.CC[N-]CCC1=CC=CC1.[CH3-].[Hf+4]. The predicted molar refractivity (Wildman–Crippen MR) is 91.3 cm³/mol. The molecule has 0 aromatic heterocycles. The van der Waals surface area contributed by atoms with Crippen molar-refractivity contribution in [2.75, 3.05) is 40.3 Å². The molecule has 0 aromatic carbocycles. The fraction of sp³-hybridized carbons (Fsp3) is 0.688. The van der Waals surface area contributed by atoms with Crippen LogP contribution in [0.4, 0.5) is 0 Å². The fourth-order valence-corrected chi connectivity index (χ4v) is 1.06. The minimum Gasteiger partial charge on any atom is -0.665 e. The van der Waals surface area contributed by atoms with E-state index < -0.39 is 0 Å². The molecule has 0 atom stereocenters. The minimum absolute atomic E-state index is 0. The zero-order valence-corrected chi connectivity index (χ0v) is 17.9. The standard InChI is InChI=1S/C9H14N.2C3H8N.CH3.Hf/c1-2-10-8-7-9-5-3-4-6-9;2*1-3-4-2;;/h3-5H,2,6-8H2,1H3;2*3H2,1-2H3;1H3;/q4*-1;+4. The topological polar surface area (TPSA) is 42.3 Å². The van der Waals surface area contributed by atoms with Gasteiger partial charge in [-0.05, 0) is 6.42 Å². The average molecular weight is 446 g/mol. The van der Waals surface area contributed by atoms with Crippen molar-refractivity contribution in [3.63, 3.8) is 0 Å². The van der Waals surface area contributed by atoms with Gasteiger partial charge in [-0.15, -0.1) is 6.54 Å². The number of rotatable bonds is 6. The molecular formula is C16H33HfN3. The van der Waals surface area contributed by atoms with E-state index in [1.54, 1.807) is 14.1 Å². The van der Waals surface area contributed by atoms with Gasteiger partial charge in [0.25, 0.3) is 0 Å². The van der Waals surface area contributed by atoms with Crippen LogP contribution >= 0.6 is 0 Å². The molecule has 0 spiro atoms. The molecule has 0 radical (unpaired) electrons. The summed E-state index contributed by atoms with van der Waals surface area (Å²) >= 11 is 0. The van der Waals surface area contributed by atoms with Crippen molar-refractivity contribution >= 4 is 0 Å². The number of allylic oxidation sites excluding steroid dienone is 3. The summed E-state index contributed by atoms with van der Waals surface area (Å²) in [5.74, 6) is 0. The minimum atomic E-state index is 0. The van der Waals surface area contributed by atoms with Gasteiger partial charge in [0.1, 0.15) is 0 Å². The molecule has 0 unspecified atom stereocenters. The van der Waals surface area contributed by atoms with Gasteiger partial charge in [0.15, 0.2) is 0 Å². The van der Waals surface area contributed by atoms with Crippen LogP contribution in [-0.4, -0.2) is 40.3 Å². The van der Waals surface area contributed by atoms with Crippen molar-refractivity contribution in [2.45, 2.75) is 33.6 Å². The van der Waals surface area contributed by atoms with Crippen LogP contribution in [0.1, 0.15) is 33.6 Å². The van der Waals surface area contributed by atoms with E-state index >= 15 is 0 Å². The molecule has 0 aromatic rings. The summed E-state index contributed by atoms with van der Waals surface area (Å²) in [6, 6.07) is 0. The Balaban J connectivity index is -0.000000110. The molecule has 3 nitrogen and oxygen atoms in total. The van der Waals surface area contributed by atoms with E-state index in [2.05, 4.69) is 41.1 Å². The maximum absolute atomic E-state index is 4.27. The molecule has 1 aliphatic carbocycles. The van der Waals surface area contributed by atoms with Crippen LogP contribution in [0.2, 0.25) is 0 Å². The van der Waals surface area contributed by atoms with Crippen LogP contribution in [0.15, 0.2) is 23.8 Å². The van der Waals surface area contributed by atoms with Gasteiger partial charge in [0.2, 0.25) is 0 Å². The first-order valence-corrected chi connectivity index (χ1v) is 6.85. The van der Waals surface area contributed by atoms with Crippen molar-refractivity contribution < 1.29 is 25.8 Å². The second-order valence-corrected chi connectivity index (χ2v) is 3.74. The van der Waals surface area contributed by atoms with Crippen LogP contribution in [0.5, 0.6) is 0 Å². The Morgan fingerprint density at radius 2 is 1.50 bits per heavy atom. The first-order chi connectivity index (χ1) is 8.76. The van der Waals surface area contributed by atoms with Gasteiger partial charge in [0, 0.05) is 0 Å². The molecule has 0 saturated heterocycles. The second-order valence-electron chi connectivity index (χ2n) is 3.74. The molecule has 0 saturated carbocycles. The summed E-state index contributed by atoms with van der Waals surface area (Å²) in [6.07, 6.45) is 8.83. The van der Waals surface area contributed by atoms with Crippen molar-refractivity contribution in [1.29, 1.82) is 0 Å². The summed E-state index contributed by atoms with van der Waals surface area (Å²) in [5, 5.41) is 11.7. The normalized spacial score (nSPS) is 10.9. The number of hydrogen-bond donors (Lipinski definition) is 0. The van der Waals surface area contributed by atoms with Gasteiger partial charge in [-0.2, -0.15) is 33.7 Å². The molecular weight excluding hydrogens is 413 g/mol. The Bertz CT molecular complexity index is 196. The molecule has 0 bridgehead atoms. The van der Waals surface area contributed by atoms with Crippen molar-refractivity contribution in [2.24, 2.45) is 0 Å². The van der Waals surface area contributed by atoms with Crippen LogP contribution in [0.3, 0.4) is 0 Å². The van der Waals surface area contributed by atoms with E-state index in [1.165, 1.54) is 5.57 Å². The molecule has 1 aliphatic rings. The van der Waals surface area contributed by atoms with E-state index in [0.717, 1.165) is 39.0 Å². The first kappa shape index (κ1) is 28.4. The molecule has 0 N–H and O–H groups in total. The monoisotopic (exact) mass is 447 g/mol. The maximum atomic E-state index is 4.27. The predicted octanol–water partition coefficient (Wildman–Crippen LogP) is 5.12. The van der Waals surface area contributed by atoms with Crippen LogP contribution in [0.25, 0.3) is 16.0 Å².